The van der Waals surface area contributed by atoms with Crippen LogP contribution in [0.15, 0.2) is 0 Å². The molecule has 1 aliphatic rings. The fourth-order valence-electron chi connectivity index (χ4n) is 1.51. The lowest BCUT2D eigenvalue weighted by Gasteiger charge is -2.40. The maximum Gasteiger partial charge on any atom is 0.407 e. The van der Waals surface area contributed by atoms with Crippen LogP contribution in [0.25, 0.3) is 0 Å². The van der Waals surface area contributed by atoms with Crippen LogP contribution in [-0.4, -0.2) is 29.7 Å². The molecule has 0 unspecified atom stereocenters. The van der Waals surface area contributed by atoms with Gasteiger partial charge >= 0.3 is 6.09 Å². The lowest BCUT2D eigenvalue weighted by molar-refractivity contribution is 0.113. The molecule has 0 aromatic carbocycles. The van der Waals surface area contributed by atoms with Crippen LogP contribution in [-0.2, 0) is 4.74 Å². The summed E-state index contributed by atoms with van der Waals surface area (Å²) < 4.78 is 5.29. The quantitative estimate of drug-likeness (QED) is 0.786. The van der Waals surface area contributed by atoms with E-state index in [1.165, 1.54) is 19.3 Å². The monoisotopic (exact) mass is 217 g/mol. The highest BCUT2D eigenvalue weighted by atomic mass is 32.2. The summed E-state index contributed by atoms with van der Waals surface area (Å²) in [5.74, 6) is 0. The third-order valence-corrected chi connectivity index (χ3v) is 4.01. The number of amides is 1. The smallest absolute Gasteiger partial charge is 0.407 e. The van der Waals surface area contributed by atoms with Gasteiger partial charge in [-0.1, -0.05) is 6.42 Å². The van der Waals surface area contributed by atoms with Gasteiger partial charge in [0.15, 0.2) is 0 Å². The highest BCUT2D eigenvalue weighted by Crippen LogP contribution is 2.42. The Balaban J connectivity index is 2.22. The Labute approximate surface area is 90.0 Å². The molecule has 0 radical (unpaired) electrons. The summed E-state index contributed by atoms with van der Waals surface area (Å²) in [4.78, 5) is 11.2. The number of alkyl carbamates (subject to hydrolysis) is 1. The van der Waals surface area contributed by atoms with Crippen molar-refractivity contribution in [2.75, 3.05) is 12.8 Å². The van der Waals surface area contributed by atoms with Crippen molar-refractivity contribution in [2.24, 2.45) is 0 Å². The third kappa shape index (κ3) is 3.08. The molecule has 0 saturated heterocycles. The maximum atomic E-state index is 11.2. The standard InChI is InChI=1S/C10H19NO2S/c1-8(2)13-9(12)11-7-10(14-3)5-4-6-10/h8H,4-7H2,1-3H3,(H,11,12). The first kappa shape index (κ1) is 11.7. The van der Waals surface area contributed by atoms with E-state index >= 15 is 0 Å². The minimum absolute atomic E-state index is 0.0402. The van der Waals surface area contributed by atoms with Crippen molar-refractivity contribution in [3.05, 3.63) is 0 Å². The Morgan fingerprint density at radius 1 is 1.57 bits per heavy atom. The van der Waals surface area contributed by atoms with E-state index in [2.05, 4.69) is 11.6 Å². The van der Waals surface area contributed by atoms with E-state index < -0.39 is 0 Å². The largest absolute Gasteiger partial charge is 0.447 e. The van der Waals surface area contributed by atoms with Crippen LogP contribution in [0.1, 0.15) is 33.1 Å². The summed E-state index contributed by atoms with van der Waals surface area (Å²) >= 11 is 1.85. The Morgan fingerprint density at radius 3 is 2.57 bits per heavy atom. The van der Waals surface area contributed by atoms with Gasteiger partial charge in [0, 0.05) is 11.3 Å². The molecule has 1 N–H and O–H groups in total. The number of carbonyl (C=O) groups is 1. The third-order valence-electron chi connectivity index (χ3n) is 2.60. The number of ether oxygens (including phenoxy) is 1. The summed E-state index contributed by atoms with van der Waals surface area (Å²) in [6, 6.07) is 0. The van der Waals surface area contributed by atoms with Crippen molar-refractivity contribution in [3.63, 3.8) is 0 Å². The Hall–Kier alpha value is -0.380. The number of rotatable bonds is 4. The van der Waals surface area contributed by atoms with Gasteiger partial charge < -0.3 is 10.1 Å². The van der Waals surface area contributed by atoms with E-state index in [0.29, 0.717) is 0 Å². The Bertz CT molecular complexity index is 197. The molecule has 82 valence electrons. The van der Waals surface area contributed by atoms with Gasteiger partial charge in [-0.3, -0.25) is 0 Å². The van der Waals surface area contributed by atoms with Crippen molar-refractivity contribution in [1.82, 2.24) is 5.32 Å². The molecule has 0 heterocycles. The van der Waals surface area contributed by atoms with Crippen LogP contribution >= 0.6 is 11.8 Å². The van der Waals surface area contributed by atoms with E-state index in [1.807, 2.05) is 25.6 Å². The SMILES string of the molecule is CSC1(CNC(=O)OC(C)C)CCC1. The molecule has 1 aliphatic carbocycles. The molecular weight excluding hydrogens is 198 g/mol. The molecule has 14 heavy (non-hydrogen) atoms. The summed E-state index contributed by atoms with van der Waals surface area (Å²) in [7, 11) is 0. The molecule has 0 aromatic rings. The van der Waals surface area contributed by atoms with Gasteiger partial charge in [0.1, 0.15) is 0 Å². The molecule has 0 aromatic heterocycles. The predicted octanol–water partition coefficient (Wildman–Crippen LogP) is 2.41. The van der Waals surface area contributed by atoms with Crippen molar-refractivity contribution < 1.29 is 9.53 Å². The van der Waals surface area contributed by atoms with Crippen molar-refractivity contribution in [1.29, 1.82) is 0 Å². The summed E-state index contributed by atoms with van der Waals surface area (Å²) in [5.41, 5.74) is 0. The van der Waals surface area contributed by atoms with E-state index in [1.54, 1.807) is 0 Å². The summed E-state index contributed by atoms with van der Waals surface area (Å²) in [6.45, 7) is 4.44. The minimum Gasteiger partial charge on any atom is -0.447 e. The first-order chi connectivity index (χ1) is 6.58. The van der Waals surface area contributed by atoms with Gasteiger partial charge in [-0.25, -0.2) is 4.79 Å². The van der Waals surface area contributed by atoms with Gasteiger partial charge in [0.05, 0.1) is 6.10 Å². The molecule has 0 bridgehead atoms. The molecule has 1 saturated carbocycles. The molecule has 1 amide bonds. The average molecular weight is 217 g/mol. The van der Waals surface area contributed by atoms with Gasteiger partial charge in [-0.15, -0.1) is 0 Å². The van der Waals surface area contributed by atoms with Crippen molar-refractivity contribution >= 4 is 17.9 Å². The zero-order chi connectivity index (χ0) is 10.6. The number of carbonyl (C=O) groups excluding carboxylic acids is 1. The maximum absolute atomic E-state index is 11.2. The molecule has 0 spiro atoms. The van der Waals surface area contributed by atoms with Crippen LogP contribution in [0.2, 0.25) is 0 Å². The topological polar surface area (TPSA) is 38.3 Å². The fraction of sp³-hybridized carbons (Fsp3) is 0.900. The first-order valence-electron chi connectivity index (χ1n) is 5.08. The Morgan fingerprint density at radius 2 is 2.21 bits per heavy atom. The fourth-order valence-corrected chi connectivity index (χ4v) is 2.43. The van der Waals surface area contributed by atoms with Gasteiger partial charge in [0.2, 0.25) is 0 Å². The molecule has 0 aliphatic heterocycles. The molecule has 0 atom stereocenters. The van der Waals surface area contributed by atoms with E-state index in [-0.39, 0.29) is 16.9 Å². The first-order valence-corrected chi connectivity index (χ1v) is 6.30. The summed E-state index contributed by atoms with van der Waals surface area (Å²) in [5, 5.41) is 2.83. The number of hydrogen-bond donors (Lipinski definition) is 1. The number of nitrogens with one attached hydrogen (secondary N) is 1. The Kier molecular flexibility index (Phi) is 4.11. The van der Waals surface area contributed by atoms with E-state index in [0.717, 1.165) is 6.54 Å². The van der Waals surface area contributed by atoms with Crippen LogP contribution < -0.4 is 5.32 Å². The normalized spacial score (nSPS) is 18.9. The van der Waals surface area contributed by atoms with Gasteiger partial charge in [-0.05, 0) is 32.9 Å². The lowest BCUT2D eigenvalue weighted by atomic mass is 9.84. The van der Waals surface area contributed by atoms with Crippen LogP contribution in [0, 0.1) is 0 Å². The zero-order valence-electron chi connectivity index (χ0n) is 9.13. The van der Waals surface area contributed by atoms with E-state index in [9.17, 15) is 4.79 Å². The van der Waals surface area contributed by atoms with E-state index in [4.69, 9.17) is 4.74 Å². The van der Waals surface area contributed by atoms with Crippen molar-refractivity contribution in [2.45, 2.75) is 44.0 Å². The van der Waals surface area contributed by atoms with Crippen LogP contribution in [0.4, 0.5) is 4.79 Å². The number of thioether (sulfide) groups is 1. The van der Waals surface area contributed by atoms with Crippen LogP contribution in [0.5, 0.6) is 0 Å². The predicted molar refractivity (Wildman–Crippen MR) is 59.7 cm³/mol. The lowest BCUT2D eigenvalue weighted by Crippen LogP contribution is -2.45. The summed E-state index contributed by atoms with van der Waals surface area (Å²) in [6.07, 6.45) is 5.46. The molecule has 4 heteroatoms. The second kappa shape index (κ2) is 4.91. The molecule has 1 rings (SSSR count). The zero-order valence-corrected chi connectivity index (χ0v) is 9.95. The second-order valence-corrected chi connectivity index (χ2v) is 5.32. The molecule has 1 fully saturated rings. The highest BCUT2D eigenvalue weighted by molar-refractivity contribution is 8.00. The van der Waals surface area contributed by atoms with Gasteiger partial charge in [-0.2, -0.15) is 11.8 Å². The molecular formula is C10H19NO2S. The highest BCUT2D eigenvalue weighted by Gasteiger charge is 2.36. The van der Waals surface area contributed by atoms with Gasteiger partial charge in [0.25, 0.3) is 0 Å². The minimum atomic E-state index is -0.291. The second-order valence-electron chi connectivity index (χ2n) is 4.05. The average Bonchev–Trinajstić information content (AvgIpc) is 2.01. The van der Waals surface area contributed by atoms with Crippen LogP contribution in [0.3, 0.4) is 0 Å². The number of hydrogen-bond acceptors (Lipinski definition) is 3. The molecule has 3 nitrogen and oxygen atoms in total. The van der Waals surface area contributed by atoms with Crippen molar-refractivity contribution in [3.8, 4) is 0 Å².